The lowest BCUT2D eigenvalue weighted by molar-refractivity contribution is -0.114. The minimum absolute atomic E-state index is 0.131. The summed E-state index contributed by atoms with van der Waals surface area (Å²) >= 11 is 0. The van der Waals surface area contributed by atoms with Crippen molar-refractivity contribution in [1.82, 2.24) is 15.3 Å². The van der Waals surface area contributed by atoms with Gasteiger partial charge in [0.25, 0.3) is 5.91 Å². The van der Waals surface area contributed by atoms with Crippen LogP contribution in [0.25, 0.3) is 0 Å². The minimum atomic E-state index is -0.269. The number of amides is 2. The van der Waals surface area contributed by atoms with Crippen LogP contribution in [-0.2, 0) is 11.3 Å². The highest BCUT2D eigenvalue weighted by atomic mass is 16.2. The molecule has 2 amide bonds. The second kappa shape index (κ2) is 8.77. The average molecular weight is 375 g/mol. The molecule has 7 heteroatoms. The standard InChI is InChI=1S/C21H21N5O2/c1-14-5-3-4-6-16(14)13-23-20(28)19-11-12-22-21(26-19)25-18-9-7-17(8-10-18)24-15(2)27/h3-12H,13H2,1-2H3,(H,23,28)(H,24,27)(H,22,25,26). The van der Waals surface area contributed by atoms with Crippen LogP contribution >= 0.6 is 0 Å². The SMILES string of the molecule is CC(=O)Nc1ccc(Nc2nccc(C(=O)NCc3ccccc3C)n2)cc1. The van der Waals surface area contributed by atoms with E-state index in [1.54, 1.807) is 30.3 Å². The third-order valence-corrected chi connectivity index (χ3v) is 4.05. The molecule has 142 valence electrons. The summed E-state index contributed by atoms with van der Waals surface area (Å²) in [5.74, 6) is -0.0843. The first kappa shape index (κ1) is 19.0. The zero-order chi connectivity index (χ0) is 19.9. The molecule has 3 rings (SSSR count). The topological polar surface area (TPSA) is 96.0 Å². The van der Waals surface area contributed by atoms with Gasteiger partial charge in [0.15, 0.2) is 0 Å². The van der Waals surface area contributed by atoms with Gasteiger partial charge in [0.1, 0.15) is 5.69 Å². The van der Waals surface area contributed by atoms with Gasteiger partial charge in [0.05, 0.1) is 0 Å². The Balaban J connectivity index is 1.64. The van der Waals surface area contributed by atoms with Gasteiger partial charge in [-0.15, -0.1) is 0 Å². The van der Waals surface area contributed by atoms with Crippen molar-refractivity contribution >= 4 is 29.1 Å². The largest absolute Gasteiger partial charge is 0.347 e. The van der Waals surface area contributed by atoms with Crippen molar-refractivity contribution < 1.29 is 9.59 Å². The maximum absolute atomic E-state index is 12.4. The molecular formula is C21H21N5O2. The molecule has 3 N–H and O–H groups in total. The van der Waals surface area contributed by atoms with Crippen molar-refractivity contribution in [3.8, 4) is 0 Å². The average Bonchev–Trinajstić information content (AvgIpc) is 2.68. The lowest BCUT2D eigenvalue weighted by Gasteiger charge is -2.09. The number of nitrogens with one attached hydrogen (secondary N) is 3. The third-order valence-electron chi connectivity index (χ3n) is 4.05. The predicted octanol–water partition coefficient (Wildman–Crippen LogP) is 3.42. The molecule has 2 aromatic carbocycles. The highest BCUT2D eigenvalue weighted by Crippen LogP contribution is 2.16. The second-order valence-electron chi connectivity index (χ2n) is 6.26. The normalized spacial score (nSPS) is 10.2. The van der Waals surface area contributed by atoms with Crippen LogP contribution in [0.1, 0.15) is 28.5 Å². The van der Waals surface area contributed by atoms with Crippen molar-refractivity contribution in [3.05, 3.63) is 77.6 Å². The Morgan fingerprint density at radius 3 is 2.39 bits per heavy atom. The monoisotopic (exact) mass is 375 g/mol. The molecule has 0 aliphatic heterocycles. The third kappa shape index (κ3) is 5.14. The summed E-state index contributed by atoms with van der Waals surface area (Å²) in [5.41, 5.74) is 3.90. The number of anilines is 3. The van der Waals surface area contributed by atoms with Crippen LogP contribution in [-0.4, -0.2) is 21.8 Å². The molecule has 0 saturated carbocycles. The number of aryl methyl sites for hydroxylation is 1. The summed E-state index contributed by atoms with van der Waals surface area (Å²) in [7, 11) is 0. The molecule has 0 atom stereocenters. The lowest BCUT2D eigenvalue weighted by atomic mass is 10.1. The number of carbonyl (C=O) groups is 2. The van der Waals surface area contributed by atoms with Gasteiger partial charge in [-0.05, 0) is 48.4 Å². The first-order chi connectivity index (χ1) is 13.5. The number of benzene rings is 2. The van der Waals surface area contributed by atoms with Crippen molar-refractivity contribution in [3.63, 3.8) is 0 Å². The number of nitrogens with zero attached hydrogens (tertiary/aromatic N) is 2. The summed E-state index contributed by atoms with van der Waals surface area (Å²) < 4.78 is 0. The highest BCUT2D eigenvalue weighted by molar-refractivity contribution is 5.92. The first-order valence-electron chi connectivity index (χ1n) is 8.82. The summed E-state index contributed by atoms with van der Waals surface area (Å²) in [5, 5.41) is 8.62. The first-order valence-corrected chi connectivity index (χ1v) is 8.82. The molecular weight excluding hydrogens is 354 g/mol. The number of hydrogen-bond donors (Lipinski definition) is 3. The van der Waals surface area contributed by atoms with Gasteiger partial charge in [-0.2, -0.15) is 0 Å². The van der Waals surface area contributed by atoms with Crippen LogP contribution in [0.15, 0.2) is 60.8 Å². The quantitative estimate of drug-likeness (QED) is 0.613. The number of carbonyl (C=O) groups excluding carboxylic acids is 2. The Morgan fingerprint density at radius 2 is 1.68 bits per heavy atom. The summed E-state index contributed by atoms with van der Waals surface area (Å²) in [4.78, 5) is 31.9. The molecule has 7 nitrogen and oxygen atoms in total. The van der Waals surface area contributed by atoms with E-state index in [1.165, 1.54) is 13.1 Å². The lowest BCUT2D eigenvalue weighted by Crippen LogP contribution is -2.24. The molecule has 0 bridgehead atoms. The number of rotatable bonds is 6. The fourth-order valence-corrected chi connectivity index (χ4v) is 2.59. The smallest absolute Gasteiger partial charge is 0.270 e. The van der Waals surface area contributed by atoms with Crippen molar-refractivity contribution in [1.29, 1.82) is 0 Å². The molecule has 3 aromatic rings. The van der Waals surface area contributed by atoms with Crippen molar-refractivity contribution in [2.24, 2.45) is 0 Å². The van der Waals surface area contributed by atoms with Gasteiger partial charge in [-0.3, -0.25) is 9.59 Å². The van der Waals surface area contributed by atoms with E-state index in [2.05, 4.69) is 25.9 Å². The Hall–Kier alpha value is -3.74. The summed E-state index contributed by atoms with van der Waals surface area (Å²) in [6, 6.07) is 16.6. The van der Waals surface area contributed by atoms with E-state index in [4.69, 9.17) is 0 Å². The highest BCUT2D eigenvalue weighted by Gasteiger charge is 2.09. The molecule has 0 unspecified atom stereocenters. The Morgan fingerprint density at radius 1 is 0.964 bits per heavy atom. The van der Waals surface area contributed by atoms with Crippen LogP contribution in [0.5, 0.6) is 0 Å². The van der Waals surface area contributed by atoms with Crippen molar-refractivity contribution in [2.45, 2.75) is 20.4 Å². The zero-order valence-electron chi connectivity index (χ0n) is 15.7. The number of hydrogen-bond acceptors (Lipinski definition) is 5. The zero-order valence-corrected chi connectivity index (χ0v) is 15.7. The minimum Gasteiger partial charge on any atom is -0.347 e. The summed E-state index contributed by atoms with van der Waals surface area (Å²) in [6.45, 7) is 3.89. The predicted molar refractivity (Wildman–Crippen MR) is 108 cm³/mol. The fraction of sp³-hybridized carbons (Fsp3) is 0.143. The van der Waals surface area contributed by atoms with Gasteiger partial charge in [0, 0.05) is 31.0 Å². The van der Waals surface area contributed by atoms with Gasteiger partial charge >= 0.3 is 0 Å². The van der Waals surface area contributed by atoms with Crippen LogP contribution in [0, 0.1) is 6.92 Å². The van der Waals surface area contributed by atoms with Gasteiger partial charge in [0.2, 0.25) is 11.9 Å². The molecule has 0 aliphatic carbocycles. The molecule has 0 radical (unpaired) electrons. The Kier molecular flexibility index (Phi) is 5.96. The van der Waals surface area contributed by atoms with E-state index >= 15 is 0 Å². The molecule has 0 spiro atoms. The van der Waals surface area contributed by atoms with Crippen LogP contribution in [0.2, 0.25) is 0 Å². The molecule has 28 heavy (non-hydrogen) atoms. The van der Waals surface area contributed by atoms with Crippen LogP contribution < -0.4 is 16.0 Å². The molecule has 1 heterocycles. The molecule has 0 aliphatic rings. The maximum atomic E-state index is 12.4. The summed E-state index contributed by atoms with van der Waals surface area (Å²) in [6.07, 6.45) is 1.53. The van der Waals surface area contributed by atoms with E-state index < -0.39 is 0 Å². The van der Waals surface area contributed by atoms with Crippen molar-refractivity contribution in [2.75, 3.05) is 10.6 Å². The van der Waals surface area contributed by atoms with Gasteiger partial charge < -0.3 is 16.0 Å². The second-order valence-corrected chi connectivity index (χ2v) is 6.26. The van der Waals surface area contributed by atoms with Crippen LogP contribution in [0.3, 0.4) is 0 Å². The number of aromatic nitrogens is 2. The molecule has 0 saturated heterocycles. The van der Waals surface area contributed by atoms with E-state index in [0.717, 1.165) is 16.8 Å². The van der Waals surface area contributed by atoms with Crippen LogP contribution in [0.4, 0.5) is 17.3 Å². The van der Waals surface area contributed by atoms with E-state index in [1.807, 2.05) is 31.2 Å². The van der Waals surface area contributed by atoms with E-state index in [9.17, 15) is 9.59 Å². The Bertz CT molecular complexity index is 986. The maximum Gasteiger partial charge on any atom is 0.270 e. The Labute approximate surface area is 163 Å². The van der Waals surface area contributed by atoms with Gasteiger partial charge in [-0.25, -0.2) is 9.97 Å². The van der Waals surface area contributed by atoms with E-state index in [-0.39, 0.29) is 17.5 Å². The fourth-order valence-electron chi connectivity index (χ4n) is 2.59. The van der Waals surface area contributed by atoms with E-state index in [0.29, 0.717) is 18.2 Å². The molecule has 1 aromatic heterocycles. The molecule has 0 fully saturated rings. The van der Waals surface area contributed by atoms with Gasteiger partial charge in [-0.1, -0.05) is 24.3 Å².